The average Bonchev–Trinajstić information content (AvgIpc) is 2.35. The van der Waals surface area contributed by atoms with Crippen LogP contribution in [0.2, 0.25) is 0 Å². The Morgan fingerprint density at radius 2 is 2.04 bits per heavy atom. The highest BCUT2D eigenvalue weighted by atomic mass is 32.2. The van der Waals surface area contributed by atoms with E-state index in [9.17, 15) is 26.4 Å². The van der Waals surface area contributed by atoms with Crippen molar-refractivity contribution in [2.24, 2.45) is 5.73 Å². The quantitative estimate of drug-likeness (QED) is 0.670. The van der Waals surface area contributed by atoms with Gasteiger partial charge in [-0.15, -0.1) is 13.2 Å². The van der Waals surface area contributed by atoms with Crippen molar-refractivity contribution in [1.29, 1.82) is 0 Å². The summed E-state index contributed by atoms with van der Waals surface area (Å²) in [5.74, 6) is -1.15. The number of carbonyl (C=O) groups excluding carboxylic acids is 1. The summed E-state index contributed by atoms with van der Waals surface area (Å²) in [6.07, 6.45) is -3.85. The SMILES string of the molecule is CS(=O)(=O)NCC[C@@H](N)C(=O)Nc1cccc(OC(F)(F)F)c1. The Balaban J connectivity index is 2.58. The van der Waals surface area contributed by atoms with Crippen LogP contribution in [0.1, 0.15) is 6.42 Å². The molecule has 0 fully saturated rings. The van der Waals surface area contributed by atoms with Gasteiger partial charge in [-0.2, -0.15) is 0 Å². The molecule has 7 nitrogen and oxygen atoms in total. The maximum absolute atomic E-state index is 12.1. The van der Waals surface area contributed by atoms with Crippen molar-refractivity contribution in [3.05, 3.63) is 24.3 Å². The Bertz CT molecular complexity index is 649. The molecular formula is C12H16F3N3O4S. The number of sulfonamides is 1. The summed E-state index contributed by atoms with van der Waals surface area (Å²) >= 11 is 0. The van der Waals surface area contributed by atoms with E-state index in [0.29, 0.717) is 0 Å². The molecule has 0 aliphatic heterocycles. The van der Waals surface area contributed by atoms with Crippen molar-refractivity contribution in [2.45, 2.75) is 18.8 Å². The van der Waals surface area contributed by atoms with Crippen LogP contribution in [0.4, 0.5) is 18.9 Å². The van der Waals surface area contributed by atoms with Gasteiger partial charge in [-0.3, -0.25) is 4.79 Å². The number of halogens is 3. The van der Waals surface area contributed by atoms with Gasteiger partial charge in [-0.1, -0.05) is 6.07 Å². The monoisotopic (exact) mass is 355 g/mol. The number of hydrogen-bond acceptors (Lipinski definition) is 5. The zero-order valence-corrected chi connectivity index (χ0v) is 12.9. The fraction of sp³-hybridized carbons (Fsp3) is 0.417. The summed E-state index contributed by atoms with van der Waals surface area (Å²) in [4.78, 5) is 11.8. The van der Waals surface area contributed by atoms with Gasteiger partial charge in [0.25, 0.3) is 0 Å². The molecule has 0 bridgehead atoms. The lowest BCUT2D eigenvalue weighted by Gasteiger charge is -2.14. The second kappa shape index (κ2) is 7.62. The number of nitrogens with one attached hydrogen (secondary N) is 2. The number of carbonyl (C=O) groups is 1. The molecule has 0 spiro atoms. The summed E-state index contributed by atoms with van der Waals surface area (Å²) in [5, 5.41) is 2.33. The number of rotatable bonds is 7. The van der Waals surface area contributed by atoms with Crippen LogP contribution in [0.3, 0.4) is 0 Å². The Kier molecular flexibility index (Phi) is 6.36. The molecule has 0 unspecified atom stereocenters. The van der Waals surface area contributed by atoms with Gasteiger partial charge in [-0.05, 0) is 18.6 Å². The Morgan fingerprint density at radius 3 is 2.61 bits per heavy atom. The number of amides is 1. The molecule has 11 heteroatoms. The summed E-state index contributed by atoms with van der Waals surface area (Å²) in [6, 6.07) is 3.68. The summed E-state index contributed by atoms with van der Waals surface area (Å²) < 4.78 is 64.0. The third-order valence-electron chi connectivity index (χ3n) is 2.49. The molecule has 0 heterocycles. The highest BCUT2D eigenvalue weighted by molar-refractivity contribution is 7.88. The van der Waals surface area contributed by atoms with Crippen LogP contribution in [-0.4, -0.2) is 39.5 Å². The molecule has 0 aliphatic carbocycles. The highest BCUT2D eigenvalue weighted by Crippen LogP contribution is 2.25. The third kappa shape index (κ3) is 8.38. The van der Waals surface area contributed by atoms with Crippen LogP contribution in [-0.2, 0) is 14.8 Å². The van der Waals surface area contributed by atoms with Gasteiger partial charge in [0.05, 0.1) is 12.3 Å². The first kappa shape index (κ1) is 19.2. The number of hydrogen-bond donors (Lipinski definition) is 3. The second-order valence-corrected chi connectivity index (χ2v) is 6.46. The molecule has 1 aromatic rings. The van der Waals surface area contributed by atoms with Crippen molar-refractivity contribution >= 4 is 21.6 Å². The average molecular weight is 355 g/mol. The fourth-order valence-corrected chi connectivity index (χ4v) is 2.03. The molecule has 4 N–H and O–H groups in total. The number of nitrogens with two attached hydrogens (primary N) is 1. The molecule has 0 saturated carbocycles. The van der Waals surface area contributed by atoms with Crippen LogP contribution in [0.25, 0.3) is 0 Å². The van der Waals surface area contributed by atoms with Gasteiger partial charge in [0, 0.05) is 18.3 Å². The molecular weight excluding hydrogens is 339 g/mol. The van der Waals surface area contributed by atoms with E-state index in [-0.39, 0.29) is 18.7 Å². The molecule has 23 heavy (non-hydrogen) atoms. The van der Waals surface area contributed by atoms with E-state index in [0.717, 1.165) is 18.4 Å². The first-order valence-electron chi connectivity index (χ1n) is 6.33. The predicted octanol–water partition coefficient (Wildman–Crippen LogP) is 0.790. The van der Waals surface area contributed by atoms with Gasteiger partial charge in [0.15, 0.2) is 0 Å². The van der Waals surface area contributed by atoms with E-state index >= 15 is 0 Å². The molecule has 1 rings (SSSR count). The number of benzene rings is 1. The Labute approximate surface area is 131 Å². The van der Waals surface area contributed by atoms with Crippen molar-refractivity contribution in [3.63, 3.8) is 0 Å². The van der Waals surface area contributed by atoms with E-state index in [2.05, 4.69) is 14.8 Å². The number of alkyl halides is 3. The first-order valence-corrected chi connectivity index (χ1v) is 8.22. The van der Waals surface area contributed by atoms with Crippen molar-refractivity contribution < 1.29 is 31.1 Å². The van der Waals surface area contributed by atoms with Crippen molar-refractivity contribution in [3.8, 4) is 5.75 Å². The van der Waals surface area contributed by atoms with Crippen molar-refractivity contribution in [2.75, 3.05) is 18.1 Å². The lowest BCUT2D eigenvalue weighted by Crippen LogP contribution is -2.38. The summed E-state index contributed by atoms with van der Waals surface area (Å²) in [6.45, 7) is -0.0371. The lowest BCUT2D eigenvalue weighted by molar-refractivity contribution is -0.274. The normalized spacial score (nSPS) is 13.4. The number of anilines is 1. The van der Waals surface area contributed by atoms with Crippen LogP contribution in [0.15, 0.2) is 24.3 Å². The van der Waals surface area contributed by atoms with Crippen molar-refractivity contribution in [1.82, 2.24) is 4.72 Å². The molecule has 1 amide bonds. The maximum atomic E-state index is 12.1. The molecule has 0 radical (unpaired) electrons. The van der Waals surface area contributed by atoms with E-state index < -0.39 is 34.1 Å². The minimum Gasteiger partial charge on any atom is -0.406 e. The highest BCUT2D eigenvalue weighted by Gasteiger charge is 2.31. The lowest BCUT2D eigenvalue weighted by atomic mass is 10.2. The zero-order valence-electron chi connectivity index (χ0n) is 12.1. The minimum atomic E-state index is -4.84. The fourth-order valence-electron chi connectivity index (χ4n) is 1.54. The second-order valence-electron chi connectivity index (χ2n) is 4.63. The molecule has 1 aromatic carbocycles. The predicted molar refractivity (Wildman–Crippen MR) is 77.2 cm³/mol. The molecule has 130 valence electrons. The van der Waals surface area contributed by atoms with Crippen LogP contribution >= 0.6 is 0 Å². The van der Waals surface area contributed by atoms with E-state index in [1.807, 2.05) is 0 Å². The van der Waals surface area contributed by atoms with Crippen LogP contribution < -0.4 is 20.5 Å². The van der Waals surface area contributed by atoms with Gasteiger partial charge in [-0.25, -0.2) is 13.1 Å². The smallest absolute Gasteiger partial charge is 0.406 e. The van der Waals surface area contributed by atoms with E-state index in [1.165, 1.54) is 12.1 Å². The zero-order chi connectivity index (χ0) is 17.7. The summed E-state index contributed by atoms with van der Waals surface area (Å²) in [5.41, 5.74) is 5.65. The van der Waals surface area contributed by atoms with E-state index in [4.69, 9.17) is 5.73 Å². The third-order valence-corrected chi connectivity index (χ3v) is 3.22. The minimum absolute atomic E-state index is 0.0254. The first-order chi connectivity index (χ1) is 10.5. The Morgan fingerprint density at radius 1 is 1.39 bits per heavy atom. The van der Waals surface area contributed by atoms with Crippen LogP contribution in [0.5, 0.6) is 5.75 Å². The van der Waals surface area contributed by atoms with Gasteiger partial charge >= 0.3 is 6.36 Å². The molecule has 0 aliphatic rings. The van der Waals surface area contributed by atoms with Crippen LogP contribution in [0, 0.1) is 0 Å². The molecule has 1 atom stereocenters. The Hall–Kier alpha value is -1.85. The topological polar surface area (TPSA) is 111 Å². The van der Waals surface area contributed by atoms with Gasteiger partial charge in [0.2, 0.25) is 15.9 Å². The van der Waals surface area contributed by atoms with Gasteiger partial charge in [0.1, 0.15) is 5.75 Å². The molecule has 0 aromatic heterocycles. The van der Waals surface area contributed by atoms with Gasteiger partial charge < -0.3 is 15.8 Å². The number of ether oxygens (including phenoxy) is 1. The largest absolute Gasteiger partial charge is 0.573 e. The standard InChI is InChI=1S/C12H16F3N3O4S/c1-23(20,21)17-6-5-10(16)11(19)18-8-3-2-4-9(7-8)22-12(13,14)15/h2-4,7,10,17H,5-6,16H2,1H3,(H,18,19)/t10-/m1/s1. The maximum Gasteiger partial charge on any atom is 0.573 e. The molecule has 0 saturated heterocycles. The van der Waals surface area contributed by atoms with E-state index in [1.54, 1.807) is 0 Å². The summed E-state index contributed by atoms with van der Waals surface area (Å²) in [7, 11) is -3.39.